The molecule has 0 aliphatic carbocycles. The van der Waals surface area contributed by atoms with E-state index in [1.807, 2.05) is 12.1 Å². The minimum atomic E-state index is 0.920. The lowest BCUT2D eigenvalue weighted by Gasteiger charge is -2.10. The predicted octanol–water partition coefficient (Wildman–Crippen LogP) is 5.65. The number of pyridine rings is 2. The second-order valence-electron chi connectivity index (χ2n) is 6.86. The zero-order valence-electron chi connectivity index (χ0n) is 14.3. The molecular formula is C23H15N3. The molecule has 0 amide bonds. The smallest absolute Gasteiger partial charge is 0.165 e. The third kappa shape index (κ3) is 1.72. The lowest BCUT2D eigenvalue weighted by atomic mass is 10.0. The molecule has 3 heterocycles. The normalized spacial score (nSPS) is 12.0. The van der Waals surface area contributed by atoms with E-state index in [1.54, 1.807) is 0 Å². The molecule has 0 fully saturated rings. The highest BCUT2D eigenvalue weighted by Gasteiger charge is 2.15. The van der Waals surface area contributed by atoms with Crippen LogP contribution in [0.3, 0.4) is 0 Å². The molecule has 0 bridgehead atoms. The SMILES string of the molecule is Cc1ccc2c(c1)c1cc3ccccc3nc1c1nc3ccccc3n21. The van der Waals surface area contributed by atoms with Crippen LogP contribution in [0.2, 0.25) is 0 Å². The molecule has 0 saturated carbocycles. The number of fused-ring (bicyclic) bond motifs is 9. The van der Waals surface area contributed by atoms with Crippen LogP contribution in [0.25, 0.3) is 49.4 Å². The van der Waals surface area contributed by atoms with Gasteiger partial charge in [-0.3, -0.25) is 4.40 Å². The molecule has 3 aromatic carbocycles. The van der Waals surface area contributed by atoms with Crippen LogP contribution in [-0.2, 0) is 0 Å². The molecule has 0 N–H and O–H groups in total. The molecule has 6 aromatic rings. The summed E-state index contributed by atoms with van der Waals surface area (Å²) in [7, 11) is 0. The first-order chi connectivity index (χ1) is 12.8. The van der Waals surface area contributed by atoms with Crippen molar-refractivity contribution in [1.82, 2.24) is 14.4 Å². The fourth-order valence-electron chi connectivity index (χ4n) is 3.98. The molecule has 0 aliphatic rings. The van der Waals surface area contributed by atoms with E-state index in [0.29, 0.717) is 0 Å². The molecule has 3 heteroatoms. The monoisotopic (exact) mass is 333 g/mol. The molecule has 0 radical (unpaired) electrons. The van der Waals surface area contributed by atoms with E-state index >= 15 is 0 Å². The van der Waals surface area contributed by atoms with Gasteiger partial charge in [0.05, 0.1) is 22.1 Å². The van der Waals surface area contributed by atoms with Gasteiger partial charge < -0.3 is 0 Å². The topological polar surface area (TPSA) is 30.2 Å². The van der Waals surface area contributed by atoms with Crippen molar-refractivity contribution >= 4 is 49.4 Å². The van der Waals surface area contributed by atoms with E-state index in [9.17, 15) is 0 Å². The molecule has 26 heavy (non-hydrogen) atoms. The number of aromatic nitrogens is 3. The second-order valence-corrected chi connectivity index (χ2v) is 6.86. The fraction of sp³-hybridized carbons (Fsp3) is 0.0435. The molecule has 6 rings (SSSR count). The second kappa shape index (κ2) is 4.79. The van der Waals surface area contributed by atoms with E-state index in [4.69, 9.17) is 9.97 Å². The van der Waals surface area contributed by atoms with Crippen molar-refractivity contribution in [2.75, 3.05) is 0 Å². The van der Waals surface area contributed by atoms with Gasteiger partial charge in [0.2, 0.25) is 0 Å². The summed E-state index contributed by atoms with van der Waals surface area (Å²) in [5.41, 5.74) is 7.41. The molecule has 0 aliphatic heterocycles. The molecule has 0 unspecified atom stereocenters. The third-order valence-corrected chi connectivity index (χ3v) is 5.18. The van der Waals surface area contributed by atoms with Gasteiger partial charge in [0, 0.05) is 16.2 Å². The van der Waals surface area contributed by atoms with Gasteiger partial charge in [0.15, 0.2) is 5.65 Å². The van der Waals surface area contributed by atoms with Gasteiger partial charge in [-0.25, -0.2) is 9.97 Å². The van der Waals surface area contributed by atoms with Gasteiger partial charge in [-0.2, -0.15) is 0 Å². The summed E-state index contributed by atoms with van der Waals surface area (Å²) in [5.74, 6) is 0. The lowest BCUT2D eigenvalue weighted by molar-refractivity contribution is 1.29. The van der Waals surface area contributed by atoms with Crippen LogP contribution >= 0.6 is 0 Å². The number of nitrogens with zero attached hydrogens (tertiary/aromatic N) is 3. The van der Waals surface area contributed by atoms with Crippen LogP contribution in [0, 0.1) is 6.92 Å². The van der Waals surface area contributed by atoms with Gasteiger partial charge in [0.1, 0.15) is 5.52 Å². The molecule has 0 spiro atoms. The molecule has 3 aromatic heterocycles. The van der Waals surface area contributed by atoms with Gasteiger partial charge in [-0.1, -0.05) is 42.0 Å². The molecule has 0 atom stereocenters. The number of aryl methyl sites for hydroxylation is 1. The minimum absolute atomic E-state index is 0.920. The van der Waals surface area contributed by atoms with Crippen LogP contribution < -0.4 is 0 Å². The quantitative estimate of drug-likeness (QED) is 0.265. The number of para-hydroxylation sites is 3. The average molecular weight is 333 g/mol. The summed E-state index contributed by atoms with van der Waals surface area (Å²) in [4.78, 5) is 9.92. The van der Waals surface area contributed by atoms with E-state index in [-0.39, 0.29) is 0 Å². The van der Waals surface area contributed by atoms with Crippen LogP contribution in [0.15, 0.2) is 72.8 Å². The van der Waals surface area contributed by atoms with Crippen LogP contribution in [-0.4, -0.2) is 14.4 Å². The lowest BCUT2D eigenvalue weighted by Crippen LogP contribution is -1.94. The van der Waals surface area contributed by atoms with Crippen molar-refractivity contribution in [2.45, 2.75) is 6.92 Å². The number of rotatable bonds is 0. The van der Waals surface area contributed by atoms with E-state index in [2.05, 4.69) is 72.0 Å². The van der Waals surface area contributed by atoms with Crippen molar-refractivity contribution in [3.05, 3.63) is 78.4 Å². The Morgan fingerprint density at radius 3 is 2.42 bits per heavy atom. The number of hydrogen-bond acceptors (Lipinski definition) is 2. The van der Waals surface area contributed by atoms with Crippen LogP contribution in [0.1, 0.15) is 5.56 Å². The number of hydrogen-bond donors (Lipinski definition) is 0. The van der Waals surface area contributed by atoms with Gasteiger partial charge in [0.25, 0.3) is 0 Å². The highest BCUT2D eigenvalue weighted by Crippen LogP contribution is 2.33. The molecule has 3 nitrogen and oxygen atoms in total. The van der Waals surface area contributed by atoms with Gasteiger partial charge in [-0.15, -0.1) is 0 Å². The maximum absolute atomic E-state index is 5.00. The summed E-state index contributed by atoms with van der Waals surface area (Å²) in [5, 5.41) is 3.53. The predicted molar refractivity (Wildman–Crippen MR) is 108 cm³/mol. The van der Waals surface area contributed by atoms with Crippen molar-refractivity contribution < 1.29 is 0 Å². The Balaban J connectivity index is 2.01. The Morgan fingerprint density at radius 2 is 1.50 bits per heavy atom. The summed E-state index contributed by atoms with van der Waals surface area (Å²) < 4.78 is 2.24. The highest BCUT2D eigenvalue weighted by molar-refractivity contribution is 6.15. The number of imidazole rings is 1. The van der Waals surface area contributed by atoms with Crippen molar-refractivity contribution in [3.8, 4) is 0 Å². The van der Waals surface area contributed by atoms with E-state index in [1.165, 1.54) is 16.5 Å². The largest absolute Gasteiger partial charge is 0.290 e. The van der Waals surface area contributed by atoms with E-state index < -0.39 is 0 Å². The highest BCUT2D eigenvalue weighted by atomic mass is 15.0. The molecule has 122 valence electrons. The first-order valence-corrected chi connectivity index (χ1v) is 8.79. The Morgan fingerprint density at radius 1 is 0.692 bits per heavy atom. The van der Waals surface area contributed by atoms with Crippen molar-refractivity contribution in [3.63, 3.8) is 0 Å². The summed E-state index contributed by atoms with van der Waals surface area (Å²) >= 11 is 0. The zero-order chi connectivity index (χ0) is 17.3. The van der Waals surface area contributed by atoms with Crippen LogP contribution in [0.4, 0.5) is 0 Å². The Labute approximate surface area is 149 Å². The molecular weight excluding hydrogens is 318 g/mol. The maximum atomic E-state index is 5.00. The van der Waals surface area contributed by atoms with E-state index in [0.717, 1.165) is 38.5 Å². The standard InChI is InChI=1S/C23H15N3/c1-14-10-11-20-16(12-14)17-13-15-6-2-3-7-18(15)24-22(17)23-25-19-8-4-5-9-21(19)26(20)23/h2-13H,1H3. The Bertz CT molecular complexity index is 1490. The van der Waals surface area contributed by atoms with Gasteiger partial charge in [-0.05, 0) is 43.3 Å². The summed E-state index contributed by atoms with van der Waals surface area (Å²) in [6.07, 6.45) is 0. The Kier molecular flexibility index (Phi) is 2.54. The Hall–Kier alpha value is -3.46. The number of benzene rings is 3. The maximum Gasteiger partial charge on any atom is 0.165 e. The van der Waals surface area contributed by atoms with Crippen molar-refractivity contribution in [2.24, 2.45) is 0 Å². The van der Waals surface area contributed by atoms with Crippen molar-refractivity contribution in [1.29, 1.82) is 0 Å². The summed E-state index contributed by atoms with van der Waals surface area (Å²) in [6.45, 7) is 2.13. The zero-order valence-corrected chi connectivity index (χ0v) is 14.3. The third-order valence-electron chi connectivity index (χ3n) is 5.18. The molecule has 0 saturated heterocycles. The summed E-state index contributed by atoms with van der Waals surface area (Å²) in [6, 6.07) is 25.4. The minimum Gasteiger partial charge on any atom is -0.290 e. The first kappa shape index (κ1) is 13.8. The first-order valence-electron chi connectivity index (χ1n) is 8.79. The van der Waals surface area contributed by atoms with Crippen LogP contribution in [0.5, 0.6) is 0 Å². The average Bonchev–Trinajstić information content (AvgIpc) is 3.07. The fourth-order valence-corrected chi connectivity index (χ4v) is 3.98. The van der Waals surface area contributed by atoms with Gasteiger partial charge >= 0.3 is 0 Å².